The fraction of sp³-hybridized carbons (Fsp3) is 0.524. The molecule has 2 heterocycles. The highest BCUT2D eigenvalue weighted by Crippen LogP contribution is 2.13. The molecule has 1 aliphatic heterocycles. The van der Waals surface area contributed by atoms with E-state index < -0.39 is 17.7 Å². The van der Waals surface area contributed by atoms with Crippen LogP contribution in [0.15, 0.2) is 41.0 Å². The average molecular weight is 410 g/mol. The number of nitrogens with zero attached hydrogens (tertiary/aromatic N) is 2. The molecule has 3 rings (SSSR count). The minimum atomic E-state index is -0.738. The van der Waals surface area contributed by atoms with Gasteiger partial charge < -0.3 is 19.0 Å². The molecule has 1 saturated heterocycles. The molecule has 1 aromatic heterocycles. The molecule has 6 nitrogen and oxygen atoms in total. The molecule has 1 atom stereocenters. The van der Waals surface area contributed by atoms with Gasteiger partial charge in [-0.15, -0.1) is 0 Å². The summed E-state index contributed by atoms with van der Waals surface area (Å²) in [6.07, 6.45) is 0.831. The summed E-state index contributed by atoms with van der Waals surface area (Å²) in [6.45, 7) is 5.57. The molecule has 0 saturated carbocycles. The van der Waals surface area contributed by atoms with E-state index >= 15 is 0 Å². The standard InChI is InChI=1S/C21H28F2N2O4/c22-18-4-3-17(21(23)12-18)13-25(6-5-24-7-10-27-11-8-24)14-19(26)15-28-16-20-2-1-9-29-20/h1-4,9,12,19,26H,5-8,10-11,13-16H2/t19-/m1/s1. The van der Waals surface area contributed by atoms with E-state index in [9.17, 15) is 13.9 Å². The van der Waals surface area contributed by atoms with Crippen LogP contribution in [0.4, 0.5) is 8.78 Å². The quantitative estimate of drug-likeness (QED) is 0.613. The maximum Gasteiger partial charge on any atom is 0.130 e. The lowest BCUT2D eigenvalue weighted by Gasteiger charge is -2.31. The summed E-state index contributed by atoms with van der Waals surface area (Å²) in [5.41, 5.74) is 0.400. The van der Waals surface area contributed by atoms with Crippen molar-refractivity contribution in [2.45, 2.75) is 19.3 Å². The molecule has 1 N–H and O–H groups in total. The summed E-state index contributed by atoms with van der Waals surface area (Å²) in [4.78, 5) is 4.24. The zero-order valence-electron chi connectivity index (χ0n) is 16.4. The zero-order chi connectivity index (χ0) is 20.5. The van der Waals surface area contributed by atoms with E-state index in [4.69, 9.17) is 13.9 Å². The number of hydrogen-bond donors (Lipinski definition) is 1. The van der Waals surface area contributed by atoms with Gasteiger partial charge in [0.15, 0.2) is 0 Å². The second-order valence-corrected chi connectivity index (χ2v) is 7.17. The van der Waals surface area contributed by atoms with Crippen LogP contribution in [0.2, 0.25) is 0 Å². The number of aliphatic hydroxyl groups excluding tert-OH is 1. The maximum atomic E-state index is 14.1. The first-order valence-corrected chi connectivity index (χ1v) is 9.85. The van der Waals surface area contributed by atoms with Crippen molar-refractivity contribution >= 4 is 0 Å². The van der Waals surface area contributed by atoms with Crippen LogP contribution < -0.4 is 0 Å². The number of hydrogen-bond acceptors (Lipinski definition) is 6. The SMILES string of the molecule is O[C@@H](COCc1ccco1)CN(CCN1CCOCC1)Cc1ccc(F)cc1F. The molecule has 0 spiro atoms. The molecule has 8 heteroatoms. The first kappa shape index (κ1) is 21.9. The minimum Gasteiger partial charge on any atom is -0.467 e. The fourth-order valence-corrected chi connectivity index (χ4v) is 3.27. The van der Waals surface area contributed by atoms with Gasteiger partial charge in [0.2, 0.25) is 0 Å². The van der Waals surface area contributed by atoms with Gasteiger partial charge in [0.25, 0.3) is 0 Å². The Hall–Kier alpha value is -1.84. The highest BCUT2D eigenvalue weighted by atomic mass is 19.1. The van der Waals surface area contributed by atoms with E-state index in [0.717, 1.165) is 25.7 Å². The molecule has 1 aromatic carbocycles. The van der Waals surface area contributed by atoms with Crippen molar-refractivity contribution in [1.82, 2.24) is 9.80 Å². The first-order chi connectivity index (χ1) is 14.1. The van der Waals surface area contributed by atoms with Crippen LogP contribution in [0.5, 0.6) is 0 Å². The van der Waals surface area contributed by atoms with Crippen molar-refractivity contribution in [2.75, 3.05) is 52.5 Å². The van der Waals surface area contributed by atoms with Crippen LogP contribution in [0.3, 0.4) is 0 Å². The summed E-state index contributed by atoms with van der Waals surface area (Å²) < 4.78 is 43.4. The second-order valence-electron chi connectivity index (χ2n) is 7.17. The van der Waals surface area contributed by atoms with E-state index in [2.05, 4.69) is 4.90 Å². The van der Waals surface area contributed by atoms with Gasteiger partial charge in [-0.3, -0.25) is 9.80 Å². The molecule has 1 fully saturated rings. The van der Waals surface area contributed by atoms with Gasteiger partial charge in [-0.2, -0.15) is 0 Å². The van der Waals surface area contributed by atoms with Crippen LogP contribution in [0.1, 0.15) is 11.3 Å². The third-order valence-electron chi connectivity index (χ3n) is 4.85. The van der Waals surface area contributed by atoms with E-state index in [0.29, 0.717) is 37.6 Å². The summed E-state index contributed by atoms with van der Waals surface area (Å²) >= 11 is 0. The van der Waals surface area contributed by atoms with Gasteiger partial charge in [-0.05, 0) is 18.2 Å². The van der Waals surface area contributed by atoms with Crippen molar-refractivity contribution < 1.29 is 27.8 Å². The number of aliphatic hydroxyl groups is 1. The van der Waals surface area contributed by atoms with Gasteiger partial charge in [0, 0.05) is 50.9 Å². The topological polar surface area (TPSA) is 58.3 Å². The van der Waals surface area contributed by atoms with Crippen LogP contribution >= 0.6 is 0 Å². The lowest BCUT2D eigenvalue weighted by Crippen LogP contribution is -2.43. The fourth-order valence-electron chi connectivity index (χ4n) is 3.27. The minimum absolute atomic E-state index is 0.140. The summed E-state index contributed by atoms with van der Waals surface area (Å²) in [5.74, 6) is -0.489. The van der Waals surface area contributed by atoms with Crippen molar-refractivity contribution in [3.63, 3.8) is 0 Å². The Morgan fingerprint density at radius 3 is 2.76 bits per heavy atom. The second kappa shape index (κ2) is 11.4. The first-order valence-electron chi connectivity index (χ1n) is 9.85. The summed E-state index contributed by atoms with van der Waals surface area (Å²) in [6, 6.07) is 7.17. The predicted octanol–water partition coefficient (Wildman–Crippen LogP) is 2.27. The molecule has 0 bridgehead atoms. The van der Waals surface area contributed by atoms with Crippen molar-refractivity contribution in [3.8, 4) is 0 Å². The van der Waals surface area contributed by atoms with Gasteiger partial charge in [0.05, 0.1) is 32.2 Å². The number of morpholine rings is 1. The van der Waals surface area contributed by atoms with Crippen LogP contribution in [-0.2, 0) is 22.6 Å². The van der Waals surface area contributed by atoms with E-state index in [-0.39, 0.29) is 19.8 Å². The molecular weight excluding hydrogens is 382 g/mol. The van der Waals surface area contributed by atoms with Crippen LogP contribution in [0.25, 0.3) is 0 Å². The number of furan rings is 1. The van der Waals surface area contributed by atoms with E-state index in [1.807, 2.05) is 4.90 Å². The normalized spacial score (nSPS) is 16.4. The molecule has 0 radical (unpaired) electrons. The Morgan fingerprint density at radius 2 is 2.03 bits per heavy atom. The van der Waals surface area contributed by atoms with E-state index in [1.54, 1.807) is 18.4 Å². The number of halogens is 2. The number of benzene rings is 1. The Labute approximate surface area is 169 Å². The van der Waals surface area contributed by atoms with Crippen molar-refractivity contribution in [2.24, 2.45) is 0 Å². The zero-order valence-corrected chi connectivity index (χ0v) is 16.4. The van der Waals surface area contributed by atoms with Gasteiger partial charge in [-0.1, -0.05) is 6.07 Å². The molecule has 0 aliphatic carbocycles. The van der Waals surface area contributed by atoms with Crippen molar-refractivity contribution in [1.29, 1.82) is 0 Å². The Kier molecular flexibility index (Phi) is 8.57. The summed E-state index contributed by atoms with van der Waals surface area (Å²) in [5, 5.41) is 10.4. The van der Waals surface area contributed by atoms with Gasteiger partial charge >= 0.3 is 0 Å². The maximum absolute atomic E-state index is 14.1. The Morgan fingerprint density at radius 1 is 1.21 bits per heavy atom. The van der Waals surface area contributed by atoms with Crippen LogP contribution in [-0.4, -0.2) is 73.6 Å². The monoisotopic (exact) mass is 410 g/mol. The van der Waals surface area contributed by atoms with Crippen molar-refractivity contribution in [3.05, 3.63) is 59.6 Å². The number of ether oxygens (including phenoxy) is 2. The predicted molar refractivity (Wildman–Crippen MR) is 103 cm³/mol. The lowest BCUT2D eigenvalue weighted by molar-refractivity contribution is -0.00168. The van der Waals surface area contributed by atoms with Gasteiger partial charge in [0.1, 0.15) is 24.0 Å². The number of rotatable bonds is 11. The molecule has 0 unspecified atom stereocenters. The molecule has 29 heavy (non-hydrogen) atoms. The van der Waals surface area contributed by atoms with Crippen LogP contribution in [0, 0.1) is 11.6 Å². The molecule has 160 valence electrons. The van der Waals surface area contributed by atoms with Gasteiger partial charge in [-0.25, -0.2) is 8.78 Å². The molecule has 1 aliphatic rings. The highest BCUT2D eigenvalue weighted by molar-refractivity contribution is 5.18. The molecular formula is C21H28F2N2O4. The third-order valence-corrected chi connectivity index (χ3v) is 4.85. The lowest BCUT2D eigenvalue weighted by atomic mass is 10.2. The Bertz CT molecular complexity index is 723. The molecule has 0 amide bonds. The average Bonchev–Trinajstić information content (AvgIpc) is 3.22. The Balaban J connectivity index is 1.53. The largest absolute Gasteiger partial charge is 0.467 e. The molecule has 2 aromatic rings. The third kappa shape index (κ3) is 7.49. The summed E-state index contributed by atoms with van der Waals surface area (Å²) in [7, 11) is 0. The smallest absolute Gasteiger partial charge is 0.130 e. The highest BCUT2D eigenvalue weighted by Gasteiger charge is 2.17. The van der Waals surface area contributed by atoms with E-state index in [1.165, 1.54) is 12.1 Å².